The number of carboxylic acid groups (broad SMARTS) is 1. The molecule has 0 spiro atoms. The second kappa shape index (κ2) is 3.66. The van der Waals surface area contributed by atoms with Crippen LogP contribution in [0.2, 0.25) is 0 Å². The molecule has 2 atom stereocenters. The van der Waals surface area contributed by atoms with Gasteiger partial charge in [-0.2, -0.15) is 0 Å². The Balaban J connectivity index is 2.72. The second-order valence-corrected chi connectivity index (χ2v) is 6.12. The van der Waals surface area contributed by atoms with E-state index in [-0.39, 0.29) is 5.41 Å². The van der Waals surface area contributed by atoms with Gasteiger partial charge in [0.05, 0.1) is 5.41 Å². The summed E-state index contributed by atoms with van der Waals surface area (Å²) >= 11 is 0. The van der Waals surface area contributed by atoms with E-state index in [4.69, 9.17) is 5.11 Å². The number of hydrogen-bond acceptors (Lipinski definition) is 1. The largest absolute Gasteiger partial charge is 0.481 e. The Morgan fingerprint density at radius 1 is 1.27 bits per heavy atom. The maximum atomic E-state index is 11.1. The summed E-state index contributed by atoms with van der Waals surface area (Å²) in [4.78, 5) is 11.1. The fraction of sp³-hybridized carbons (Fsp3) is 0.769. The molecule has 0 aliphatic heterocycles. The van der Waals surface area contributed by atoms with Crippen LogP contribution in [-0.2, 0) is 4.79 Å². The first-order valence-corrected chi connectivity index (χ1v) is 5.58. The molecule has 0 amide bonds. The van der Waals surface area contributed by atoms with Gasteiger partial charge < -0.3 is 5.11 Å². The number of aliphatic carboxylic acids is 1. The van der Waals surface area contributed by atoms with Gasteiger partial charge in [0.15, 0.2) is 0 Å². The maximum absolute atomic E-state index is 11.1. The molecular formula is C13H22O2. The monoisotopic (exact) mass is 210 g/mol. The van der Waals surface area contributed by atoms with E-state index >= 15 is 0 Å². The zero-order valence-corrected chi connectivity index (χ0v) is 10.4. The molecule has 0 aromatic heterocycles. The molecule has 1 N–H and O–H groups in total. The number of carboxylic acids is 1. The second-order valence-electron chi connectivity index (χ2n) is 6.12. The minimum atomic E-state index is -0.702. The number of hydrogen-bond donors (Lipinski definition) is 1. The summed E-state index contributed by atoms with van der Waals surface area (Å²) in [5.74, 6) is 0.409. The fourth-order valence-corrected chi connectivity index (χ4v) is 2.75. The van der Waals surface area contributed by atoms with E-state index in [1.807, 2.05) is 13.8 Å². The Morgan fingerprint density at radius 2 is 1.80 bits per heavy atom. The Hall–Kier alpha value is -0.790. The van der Waals surface area contributed by atoms with Crippen LogP contribution in [0.15, 0.2) is 12.2 Å². The van der Waals surface area contributed by atoms with Crippen molar-refractivity contribution in [2.75, 3.05) is 0 Å². The lowest BCUT2D eigenvalue weighted by Crippen LogP contribution is -2.38. The van der Waals surface area contributed by atoms with Crippen molar-refractivity contribution in [1.29, 1.82) is 0 Å². The minimum absolute atomic E-state index is 0.0655. The molecule has 2 heteroatoms. The average molecular weight is 210 g/mol. The van der Waals surface area contributed by atoms with Gasteiger partial charge in [-0.3, -0.25) is 4.79 Å². The standard InChI is InChI=1S/C13H22O2/c1-9-6-7-10(9)12(2,3)8-13(4,5)11(14)15/h6-7,9-10H,8H2,1-5H3,(H,14,15). The molecule has 0 saturated heterocycles. The highest BCUT2D eigenvalue weighted by Crippen LogP contribution is 2.46. The predicted octanol–water partition coefficient (Wildman–Crippen LogP) is 3.34. The number of rotatable bonds is 4. The molecule has 0 aromatic carbocycles. The Bertz CT molecular complexity index is 287. The summed E-state index contributed by atoms with van der Waals surface area (Å²) in [5.41, 5.74) is -0.567. The summed E-state index contributed by atoms with van der Waals surface area (Å²) in [6.07, 6.45) is 5.12. The van der Waals surface area contributed by atoms with Gasteiger partial charge in [0, 0.05) is 0 Å². The summed E-state index contributed by atoms with van der Waals surface area (Å²) in [7, 11) is 0. The van der Waals surface area contributed by atoms with Crippen LogP contribution in [0.5, 0.6) is 0 Å². The topological polar surface area (TPSA) is 37.3 Å². The quantitative estimate of drug-likeness (QED) is 0.723. The number of allylic oxidation sites excluding steroid dienone is 2. The van der Waals surface area contributed by atoms with Crippen LogP contribution in [0, 0.1) is 22.7 Å². The highest BCUT2D eigenvalue weighted by Gasteiger charge is 2.41. The first-order chi connectivity index (χ1) is 6.67. The molecule has 0 heterocycles. The molecule has 0 fully saturated rings. The van der Waals surface area contributed by atoms with Gasteiger partial charge >= 0.3 is 5.97 Å². The van der Waals surface area contributed by atoms with Gasteiger partial charge in [-0.25, -0.2) is 0 Å². The lowest BCUT2D eigenvalue weighted by molar-refractivity contribution is -0.149. The van der Waals surface area contributed by atoms with Crippen LogP contribution in [0.3, 0.4) is 0 Å². The zero-order valence-electron chi connectivity index (χ0n) is 10.4. The highest BCUT2D eigenvalue weighted by molar-refractivity contribution is 5.73. The van der Waals surface area contributed by atoms with Gasteiger partial charge in [-0.1, -0.05) is 32.9 Å². The van der Waals surface area contributed by atoms with Crippen LogP contribution in [-0.4, -0.2) is 11.1 Å². The van der Waals surface area contributed by atoms with Gasteiger partial charge in [0.1, 0.15) is 0 Å². The molecule has 1 aliphatic carbocycles. The fourth-order valence-electron chi connectivity index (χ4n) is 2.75. The molecule has 0 saturated carbocycles. The molecule has 15 heavy (non-hydrogen) atoms. The van der Waals surface area contributed by atoms with Gasteiger partial charge in [-0.15, -0.1) is 0 Å². The van der Waals surface area contributed by atoms with E-state index in [1.54, 1.807) is 0 Å². The number of carbonyl (C=O) groups is 1. The van der Waals surface area contributed by atoms with E-state index in [1.165, 1.54) is 0 Å². The minimum Gasteiger partial charge on any atom is -0.481 e. The zero-order chi connectivity index (χ0) is 11.9. The van der Waals surface area contributed by atoms with E-state index in [9.17, 15) is 4.79 Å². The Morgan fingerprint density at radius 3 is 2.07 bits per heavy atom. The van der Waals surface area contributed by atoms with Crippen LogP contribution >= 0.6 is 0 Å². The van der Waals surface area contributed by atoms with Crippen LogP contribution in [0.4, 0.5) is 0 Å². The van der Waals surface area contributed by atoms with Crippen molar-refractivity contribution in [2.24, 2.45) is 22.7 Å². The molecule has 0 radical (unpaired) electrons. The third kappa shape index (κ3) is 2.42. The van der Waals surface area contributed by atoms with Gasteiger partial charge in [0.2, 0.25) is 0 Å². The van der Waals surface area contributed by atoms with Crippen molar-refractivity contribution < 1.29 is 9.90 Å². The third-order valence-electron chi connectivity index (χ3n) is 3.57. The molecule has 1 aliphatic rings. The summed E-state index contributed by atoms with van der Waals surface area (Å²) < 4.78 is 0. The van der Waals surface area contributed by atoms with Crippen molar-refractivity contribution in [3.63, 3.8) is 0 Å². The summed E-state index contributed by atoms with van der Waals surface area (Å²) in [6, 6.07) is 0. The van der Waals surface area contributed by atoms with Crippen LogP contribution < -0.4 is 0 Å². The highest BCUT2D eigenvalue weighted by atomic mass is 16.4. The summed E-state index contributed by atoms with van der Waals surface area (Å²) in [5, 5.41) is 9.12. The SMILES string of the molecule is CC1C=CC1C(C)(C)CC(C)(C)C(=O)O. The lowest BCUT2D eigenvalue weighted by Gasteiger charge is -2.43. The molecular weight excluding hydrogens is 188 g/mol. The van der Waals surface area contributed by atoms with Crippen molar-refractivity contribution in [3.8, 4) is 0 Å². The van der Waals surface area contributed by atoms with Crippen molar-refractivity contribution in [2.45, 2.75) is 41.0 Å². The van der Waals surface area contributed by atoms with E-state index in [2.05, 4.69) is 32.9 Å². The maximum Gasteiger partial charge on any atom is 0.309 e. The molecule has 2 nitrogen and oxygen atoms in total. The first-order valence-electron chi connectivity index (χ1n) is 5.58. The van der Waals surface area contributed by atoms with E-state index in [0.29, 0.717) is 18.3 Å². The molecule has 0 bridgehead atoms. The van der Waals surface area contributed by atoms with E-state index < -0.39 is 11.4 Å². The molecule has 0 aromatic rings. The lowest BCUT2D eigenvalue weighted by atomic mass is 9.61. The smallest absolute Gasteiger partial charge is 0.309 e. The van der Waals surface area contributed by atoms with E-state index in [0.717, 1.165) is 0 Å². The Kier molecular flexibility index (Phi) is 2.99. The van der Waals surface area contributed by atoms with Gasteiger partial charge in [0.25, 0.3) is 0 Å². The van der Waals surface area contributed by atoms with Crippen LogP contribution in [0.25, 0.3) is 0 Å². The molecule has 86 valence electrons. The first kappa shape index (κ1) is 12.3. The van der Waals surface area contributed by atoms with Gasteiger partial charge in [-0.05, 0) is 37.5 Å². The normalized spacial score (nSPS) is 26.2. The molecule has 1 rings (SSSR count). The third-order valence-corrected chi connectivity index (χ3v) is 3.57. The van der Waals surface area contributed by atoms with Crippen molar-refractivity contribution >= 4 is 5.97 Å². The average Bonchev–Trinajstić information content (AvgIpc) is 1.98. The molecule has 2 unspecified atom stereocenters. The predicted molar refractivity (Wildman–Crippen MR) is 61.6 cm³/mol. The summed E-state index contributed by atoms with van der Waals surface area (Å²) in [6.45, 7) is 10.2. The van der Waals surface area contributed by atoms with Crippen LogP contribution in [0.1, 0.15) is 41.0 Å². The van der Waals surface area contributed by atoms with Crippen molar-refractivity contribution in [1.82, 2.24) is 0 Å². The Labute approximate surface area is 92.4 Å². The van der Waals surface area contributed by atoms with Crippen molar-refractivity contribution in [3.05, 3.63) is 12.2 Å².